The fraction of sp³-hybridized carbons (Fsp3) is 0.524. The number of ether oxygens (including phenoxy) is 1. The van der Waals surface area contributed by atoms with E-state index in [0.717, 1.165) is 43.9 Å². The molecule has 2 aliphatic heterocycles. The monoisotopic (exact) mass is 457 g/mol. The van der Waals surface area contributed by atoms with Crippen LogP contribution in [0, 0.1) is 0 Å². The van der Waals surface area contributed by atoms with E-state index >= 15 is 0 Å². The van der Waals surface area contributed by atoms with Gasteiger partial charge in [-0.3, -0.25) is 9.58 Å². The highest BCUT2D eigenvalue weighted by Gasteiger charge is 2.36. The first kappa shape index (κ1) is 21.2. The summed E-state index contributed by atoms with van der Waals surface area (Å²) in [7, 11) is 0. The van der Waals surface area contributed by atoms with Gasteiger partial charge in [-0.15, -0.1) is 5.10 Å². The lowest BCUT2D eigenvalue weighted by molar-refractivity contribution is -0.0883. The first-order valence-corrected chi connectivity index (χ1v) is 11.4. The second-order valence-electron chi connectivity index (χ2n) is 8.49. The van der Waals surface area contributed by atoms with Crippen LogP contribution in [-0.4, -0.2) is 79.3 Å². The van der Waals surface area contributed by atoms with Gasteiger partial charge in [-0.25, -0.2) is 10.1 Å². The summed E-state index contributed by atoms with van der Waals surface area (Å²) < 4.78 is 8.12. The smallest absolute Gasteiger partial charge is 0.246 e. The van der Waals surface area contributed by atoms with Crippen molar-refractivity contribution in [2.24, 2.45) is 0 Å². The van der Waals surface area contributed by atoms with Crippen molar-refractivity contribution in [1.82, 2.24) is 34.8 Å². The average molecular weight is 458 g/mol. The molecule has 2 saturated heterocycles. The number of halogens is 1. The second kappa shape index (κ2) is 9.43. The van der Waals surface area contributed by atoms with Gasteiger partial charge in [0.05, 0.1) is 19.3 Å². The van der Waals surface area contributed by atoms with Crippen LogP contribution in [0.1, 0.15) is 18.4 Å². The number of benzene rings is 1. The molecule has 0 amide bonds. The van der Waals surface area contributed by atoms with Gasteiger partial charge in [0.15, 0.2) is 0 Å². The van der Waals surface area contributed by atoms with Crippen LogP contribution >= 0.6 is 11.6 Å². The molecule has 3 N–H and O–H groups in total. The summed E-state index contributed by atoms with van der Waals surface area (Å²) in [6.45, 7) is 4.08. The van der Waals surface area contributed by atoms with Crippen LogP contribution in [0.2, 0.25) is 5.02 Å². The number of anilines is 2. The van der Waals surface area contributed by atoms with E-state index in [9.17, 15) is 0 Å². The molecule has 2 aromatic heterocycles. The Balaban J connectivity index is 1.27. The van der Waals surface area contributed by atoms with Gasteiger partial charge in [-0.05, 0) is 37.0 Å². The molecular weight excluding hydrogens is 430 g/mol. The zero-order valence-electron chi connectivity index (χ0n) is 17.8. The van der Waals surface area contributed by atoms with Crippen molar-refractivity contribution >= 4 is 23.5 Å². The predicted molar refractivity (Wildman–Crippen MR) is 121 cm³/mol. The number of nitrogen functional groups attached to an aromatic ring is 1. The number of hydrogen-bond acceptors (Lipinski definition) is 8. The lowest BCUT2D eigenvalue weighted by Gasteiger charge is -2.46. The van der Waals surface area contributed by atoms with Crippen LogP contribution in [0.15, 0.2) is 36.9 Å². The van der Waals surface area contributed by atoms with Crippen molar-refractivity contribution in [1.29, 1.82) is 0 Å². The largest absolute Gasteiger partial charge is 0.373 e. The van der Waals surface area contributed by atoms with Crippen LogP contribution in [0.4, 0.5) is 11.9 Å². The van der Waals surface area contributed by atoms with Gasteiger partial charge in [-0.1, -0.05) is 23.7 Å². The van der Waals surface area contributed by atoms with Gasteiger partial charge in [0.25, 0.3) is 0 Å². The van der Waals surface area contributed by atoms with Crippen molar-refractivity contribution in [3.8, 4) is 0 Å². The topological polar surface area (TPSA) is 114 Å². The zero-order chi connectivity index (χ0) is 21.9. The second-order valence-corrected chi connectivity index (χ2v) is 8.93. The molecule has 5 rings (SSSR count). The third kappa shape index (κ3) is 4.87. The maximum absolute atomic E-state index is 6.27. The number of aromatic amines is 1. The lowest BCUT2D eigenvalue weighted by atomic mass is 9.96. The highest BCUT2D eigenvalue weighted by atomic mass is 35.5. The number of H-pyrrole nitrogens is 1. The fourth-order valence-corrected chi connectivity index (χ4v) is 4.87. The molecule has 2 aliphatic rings. The number of nitrogens with zero attached hydrogens (tertiary/aromatic N) is 7. The summed E-state index contributed by atoms with van der Waals surface area (Å²) in [5.74, 6) is 1.04. The molecule has 2 atom stereocenters. The summed E-state index contributed by atoms with van der Waals surface area (Å²) in [6.07, 6.45) is 6.42. The van der Waals surface area contributed by atoms with E-state index in [1.165, 1.54) is 5.56 Å². The van der Waals surface area contributed by atoms with Gasteiger partial charge < -0.3 is 15.4 Å². The Morgan fingerprint density at radius 1 is 1.19 bits per heavy atom. The van der Waals surface area contributed by atoms with Crippen molar-refractivity contribution in [2.45, 2.75) is 44.0 Å². The zero-order valence-corrected chi connectivity index (χ0v) is 18.6. The molecule has 3 aromatic rings. The number of morpholine rings is 1. The molecule has 1 aromatic carbocycles. The van der Waals surface area contributed by atoms with E-state index in [0.29, 0.717) is 37.1 Å². The summed E-state index contributed by atoms with van der Waals surface area (Å²) >= 11 is 6.08. The Labute approximate surface area is 191 Å². The summed E-state index contributed by atoms with van der Waals surface area (Å²) in [5.41, 5.74) is 6.98. The van der Waals surface area contributed by atoms with Gasteiger partial charge in [0.1, 0.15) is 12.7 Å². The predicted octanol–water partition coefficient (Wildman–Crippen LogP) is 1.61. The Morgan fingerprint density at radius 3 is 2.69 bits per heavy atom. The first-order chi connectivity index (χ1) is 15.6. The number of nitrogens with two attached hydrogens (primary N) is 1. The van der Waals surface area contributed by atoms with E-state index in [4.69, 9.17) is 22.1 Å². The molecule has 0 bridgehead atoms. The molecule has 0 saturated carbocycles. The van der Waals surface area contributed by atoms with Gasteiger partial charge in [0, 0.05) is 36.7 Å². The van der Waals surface area contributed by atoms with Crippen LogP contribution in [0.5, 0.6) is 0 Å². The van der Waals surface area contributed by atoms with Crippen molar-refractivity contribution < 1.29 is 4.74 Å². The third-order valence-electron chi connectivity index (χ3n) is 6.36. The van der Waals surface area contributed by atoms with Gasteiger partial charge >= 0.3 is 0 Å². The Kier molecular flexibility index (Phi) is 6.24. The van der Waals surface area contributed by atoms with Gasteiger partial charge in [-0.2, -0.15) is 10.1 Å². The minimum Gasteiger partial charge on any atom is -0.373 e. The number of nitrogens with one attached hydrogen (secondary N) is 1. The number of piperidine rings is 1. The first-order valence-electron chi connectivity index (χ1n) is 11.0. The molecule has 11 heteroatoms. The molecule has 32 heavy (non-hydrogen) atoms. The van der Waals surface area contributed by atoms with E-state index in [1.54, 1.807) is 12.7 Å². The normalized spacial score (nSPS) is 23.0. The summed E-state index contributed by atoms with van der Waals surface area (Å²) in [6, 6.07) is 8.93. The van der Waals surface area contributed by atoms with Crippen LogP contribution in [-0.2, 0) is 17.7 Å². The minimum atomic E-state index is 0.0870. The van der Waals surface area contributed by atoms with Crippen molar-refractivity contribution in [2.75, 3.05) is 36.9 Å². The molecule has 10 nitrogen and oxygen atoms in total. The molecule has 0 aliphatic carbocycles. The van der Waals surface area contributed by atoms with Crippen LogP contribution in [0.3, 0.4) is 0 Å². The average Bonchev–Trinajstić information content (AvgIpc) is 3.48. The Morgan fingerprint density at radius 2 is 2.00 bits per heavy atom. The van der Waals surface area contributed by atoms with E-state index in [-0.39, 0.29) is 6.10 Å². The lowest BCUT2D eigenvalue weighted by Crippen LogP contribution is -2.57. The molecule has 0 radical (unpaired) electrons. The number of rotatable bonds is 6. The molecule has 0 unspecified atom stereocenters. The quantitative estimate of drug-likeness (QED) is 0.573. The minimum absolute atomic E-state index is 0.0870. The van der Waals surface area contributed by atoms with Gasteiger partial charge in [0.2, 0.25) is 11.9 Å². The number of aromatic nitrogens is 6. The SMILES string of the molecule is Nc1nc(N2CCC(N3C[C@H](Cn4cncn4)OC[C@@H]3Cc3ccc(Cl)cc3)CC2)n[nH]1. The molecule has 170 valence electrons. The Bertz CT molecular complexity index is 985. The van der Waals surface area contributed by atoms with E-state index in [2.05, 4.69) is 47.2 Å². The van der Waals surface area contributed by atoms with Crippen molar-refractivity contribution in [3.05, 3.63) is 47.5 Å². The Hall–Kier alpha value is -2.69. The fourth-order valence-electron chi connectivity index (χ4n) is 4.75. The molecule has 2 fully saturated rings. The highest BCUT2D eigenvalue weighted by Crippen LogP contribution is 2.27. The third-order valence-corrected chi connectivity index (χ3v) is 6.61. The number of hydrogen-bond donors (Lipinski definition) is 2. The molecule has 4 heterocycles. The van der Waals surface area contributed by atoms with E-state index in [1.807, 2.05) is 16.8 Å². The summed E-state index contributed by atoms with van der Waals surface area (Å²) in [5, 5.41) is 12.0. The molecular formula is C21H28ClN9O. The molecule has 0 spiro atoms. The van der Waals surface area contributed by atoms with Crippen LogP contribution in [0.25, 0.3) is 0 Å². The maximum atomic E-state index is 6.27. The standard InChI is InChI=1S/C21H28ClN9O/c22-16-3-1-15(2-4-16)9-18-12-32-19(10-30-14-24-13-25-30)11-31(18)17-5-7-29(8-6-17)21-26-20(23)27-28-21/h1-4,13-14,17-19H,5-12H2,(H3,23,26,27,28)/t18-,19-/m0/s1. The van der Waals surface area contributed by atoms with Crippen LogP contribution < -0.4 is 10.6 Å². The summed E-state index contributed by atoms with van der Waals surface area (Å²) in [4.78, 5) is 13.2. The highest BCUT2D eigenvalue weighted by molar-refractivity contribution is 6.30. The maximum Gasteiger partial charge on any atom is 0.246 e. The van der Waals surface area contributed by atoms with Crippen molar-refractivity contribution in [3.63, 3.8) is 0 Å². The van der Waals surface area contributed by atoms with E-state index < -0.39 is 0 Å².